The molecule has 1 aromatic heterocycles. The molecule has 4 nitrogen and oxygen atoms in total. The van der Waals surface area contributed by atoms with Crippen LogP contribution in [0.2, 0.25) is 0 Å². The van der Waals surface area contributed by atoms with Crippen LogP contribution in [0.15, 0.2) is 22.6 Å². The quantitative estimate of drug-likeness (QED) is 0.885. The summed E-state index contributed by atoms with van der Waals surface area (Å²) in [5.74, 6) is 0.285. The molecule has 1 fully saturated rings. The predicted molar refractivity (Wildman–Crippen MR) is 64.8 cm³/mol. The Labute approximate surface area is 104 Å². The molecular formula is C13H15FN2O2. The lowest BCUT2D eigenvalue weighted by Crippen LogP contribution is -2.40. The lowest BCUT2D eigenvalue weighted by atomic mass is 9.80. The summed E-state index contributed by atoms with van der Waals surface area (Å²) in [6.45, 7) is 1.78. The third-order valence-corrected chi connectivity index (χ3v) is 3.64. The van der Waals surface area contributed by atoms with E-state index < -0.39 is 0 Å². The molecule has 2 heterocycles. The fourth-order valence-electron chi connectivity index (χ4n) is 2.39. The number of aromatic nitrogens is 1. The highest BCUT2D eigenvalue weighted by atomic mass is 19.1. The Bertz CT molecular complexity index is 561. The van der Waals surface area contributed by atoms with Crippen molar-refractivity contribution in [2.75, 3.05) is 19.8 Å². The van der Waals surface area contributed by atoms with E-state index in [1.807, 2.05) is 0 Å². The Morgan fingerprint density at radius 2 is 2.11 bits per heavy atom. The number of hydrogen-bond acceptors (Lipinski definition) is 4. The predicted octanol–water partition coefficient (Wildman–Crippen LogP) is 1.97. The largest absolute Gasteiger partial charge is 0.440 e. The van der Waals surface area contributed by atoms with Gasteiger partial charge in [-0.2, -0.15) is 0 Å². The molecule has 0 spiro atoms. The molecule has 1 aliphatic heterocycles. The zero-order valence-electron chi connectivity index (χ0n) is 9.99. The topological polar surface area (TPSA) is 61.3 Å². The molecule has 0 unspecified atom stereocenters. The summed E-state index contributed by atoms with van der Waals surface area (Å²) >= 11 is 0. The van der Waals surface area contributed by atoms with Crippen molar-refractivity contribution in [1.82, 2.24) is 4.98 Å². The summed E-state index contributed by atoms with van der Waals surface area (Å²) in [5, 5.41) is 0. The Kier molecular flexibility index (Phi) is 2.80. The van der Waals surface area contributed by atoms with Gasteiger partial charge in [0.25, 0.3) is 0 Å². The first-order chi connectivity index (χ1) is 8.73. The first-order valence-corrected chi connectivity index (χ1v) is 6.08. The second-order valence-corrected chi connectivity index (χ2v) is 4.73. The number of ether oxygens (including phenoxy) is 1. The molecule has 0 amide bonds. The van der Waals surface area contributed by atoms with E-state index in [-0.39, 0.29) is 11.2 Å². The third-order valence-electron chi connectivity index (χ3n) is 3.64. The maximum Gasteiger partial charge on any atom is 0.203 e. The van der Waals surface area contributed by atoms with Crippen molar-refractivity contribution >= 4 is 11.1 Å². The minimum Gasteiger partial charge on any atom is -0.440 e. The smallest absolute Gasteiger partial charge is 0.203 e. The summed E-state index contributed by atoms with van der Waals surface area (Å²) in [6, 6.07) is 4.37. The van der Waals surface area contributed by atoms with Crippen molar-refractivity contribution < 1.29 is 13.5 Å². The van der Waals surface area contributed by atoms with Crippen molar-refractivity contribution in [3.63, 3.8) is 0 Å². The van der Waals surface area contributed by atoms with E-state index in [0.29, 0.717) is 36.7 Å². The van der Waals surface area contributed by atoms with Crippen molar-refractivity contribution in [2.45, 2.75) is 18.3 Å². The van der Waals surface area contributed by atoms with E-state index in [1.165, 1.54) is 12.1 Å². The van der Waals surface area contributed by atoms with Gasteiger partial charge >= 0.3 is 0 Å². The van der Waals surface area contributed by atoms with Crippen LogP contribution in [-0.2, 0) is 10.2 Å². The standard InChI is InChI=1S/C13H15FN2O2/c14-9-1-2-10-11(7-9)18-12(16-10)13(8-15)3-5-17-6-4-13/h1-2,7H,3-6,8,15H2. The van der Waals surface area contributed by atoms with Gasteiger partial charge in [0.15, 0.2) is 5.58 Å². The fourth-order valence-corrected chi connectivity index (χ4v) is 2.39. The van der Waals surface area contributed by atoms with E-state index in [1.54, 1.807) is 6.07 Å². The average Bonchev–Trinajstić information content (AvgIpc) is 2.83. The molecule has 5 heteroatoms. The van der Waals surface area contributed by atoms with E-state index in [4.69, 9.17) is 14.9 Å². The van der Waals surface area contributed by atoms with Crippen LogP contribution in [0.1, 0.15) is 18.7 Å². The molecule has 0 atom stereocenters. The van der Waals surface area contributed by atoms with E-state index >= 15 is 0 Å². The Morgan fingerprint density at radius 3 is 2.83 bits per heavy atom. The SMILES string of the molecule is NCC1(c2nc3ccc(F)cc3o2)CCOCC1. The molecule has 96 valence electrons. The van der Waals surface area contributed by atoms with Gasteiger partial charge < -0.3 is 14.9 Å². The number of halogens is 1. The molecule has 3 rings (SSSR count). The Morgan fingerprint density at radius 1 is 1.33 bits per heavy atom. The number of nitrogens with zero attached hydrogens (tertiary/aromatic N) is 1. The van der Waals surface area contributed by atoms with Crippen LogP contribution in [0, 0.1) is 5.82 Å². The van der Waals surface area contributed by atoms with Crippen molar-refractivity contribution in [1.29, 1.82) is 0 Å². The minimum atomic E-state index is -0.320. The average molecular weight is 250 g/mol. The van der Waals surface area contributed by atoms with Crippen LogP contribution in [-0.4, -0.2) is 24.7 Å². The van der Waals surface area contributed by atoms with Gasteiger partial charge in [-0.1, -0.05) is 0 Å². The summed E-state index contributed by atoms with van der Waals surface area (Å²) in [7, 11) is 0. The van der Waals surface area contributed by atoms with Crippen LogP contribution < -0.4 is 5.73 Å². The van der Waals surface area contributed by atoms with Crippen molar-refractivity contribution in [2.24, 2.45) is 5.73 Å². The van der Waals surface area contributed by atoms with Gasteiger partial charge in [-0.3, -0.25) is 0 Å². The van der Waals surface area contributed by atoms with Crippen LogP contribution in [0.4, 0.5) is 4.39 Å². The van der Waals surface area contributed by atoms with Gasteiger partial charge in [0.2, 0.25) is 5.89 Å². The number of nitrogens with two attached hydrogens (primary N) is 1. The van der Waals surface area contributed by atoms with Crippen LogP contribution in [0.3, 0.4) is 0 Å². The van der Waals surface area contributed by atoms with Gasteiger partial charge in [-0.05, 0) is 25.0 Å². The normalized spacial score (nSPS) is 19.2. The summed E-state index contributed by atoms with van der Waals surface area (Å²) in [5.41, 5.74) is 6.77. The Hall–Kier alpha value is -1.46. The number of oxazole rings is 1. The maximum absolute atomic E-state index is 13.1. The fraction of sp³-hybridized carbons (Fsp3) is 0.462. The van der Waals surface area contributed by atoms with Crippen molar-refractivity contribution in [3.8, 4) is 0 Å². The Balaban J connectivity index is 2.06. The molecular weight excluding hydrogens is 235 g/mol. The molecule has 0 radical (unpaired) electrons. The lowest BCUT2D eigenvalue weighted by molar-refractivity contribution is 0.0438. The van der Waals surface area contributed by atoms with Crippen LogP contribution in [0.5, 0.6) is 0 Å². The first kappa shape index (κ1) is 11.6. The molecule has 0 aliphatic carbocycles. The molecule has 18 heavy (non-hydrogen) atoms. The molecule has 1 aromatic carbocycles. The zero-order chi connectivity index (χ0) is 12.6. The maximum atomic E-state index is 13.1. The zero-order valence-corrected chi connectivity index (χ0v) is 9.99. The van der Waals surface area contributed by atoms with Crippen molar-refractivity contribution in [3.05, 3.63) is 29.9 Å². The summed E-state index contributed by atoms with van der Waals surface area (Å²) in [4.78, 5) is 4.45. The lowest BCUT2D eigenvalue weighted by Gasteiger charge is -2.32. The van der Waals surface area contributed by atoms with Gasteiger partial charge in [0.1, 0.15) is 11.3 Å². The number of benzene rings is 1. The van der Waals surface area contributed by atoms with Crippen LogP contribution >= 0.6 is 0 Å². The monoisotopic (exact) mass is 250 g/mol. The van der Waals surface area contributed by atoms with E-state index in [9.17, 15) is 4.39 Å². The minimum absolute atomic E-state index is 0.270. The number of hydrogen-bond donors (Lipinski definition) is 1. The van der Waals surface area contributed by atoms with Gasteiger partial charge in [-0.15, -0.1) is 0 Å². The molecule has 0 saturated carbocycles. The molecule has 0 bridgehead atoms. The highest BCUT2D eigenvalue weighted by molar-refractivity contribution is 5.72. The highest BCUT2D eigenvalue weighted by Crippen LogP contribution is 2.35. The summed E-state index contributed by atoms with van der Waals surface area (Å²) in [6.07, 6.45) is 1.58. The van der Waals surface area contributed by atoms with Crippen LogP contribution in [0.25, 0.3) is 11.1 Å². The van der Waals surface area contributed by atoms with Gasteiger partial charge in [0.05, 0.1) is 5.41 Å². The molecule has 2 N–H and O–H groups in total. The first-order valence-electron chi connectivity index (χ1n) is 6.08. The molecule has 1 saturated heterocycles. The van der Waals surface area contributed by atoms with Gasteiger partial charge in [-0.25, -0.2) is 9.37 Å². The van der Waals surface area contributed by atoms with Gasteiger partial charge in [0, 0.05) is 25.8 Å². The summed E-state index contributed by atoms with van der Waals surface area (Å²) < 4.78 is 24.2. The second kappa shape index (κ2) is 4.33. The van der Waals surface area contributed by atoms with E-state index in [0.717, 1.165) is 12.8 Å². The molecule has 1 aliphatic rings. The third kappa shape index (κ3) is 1.79. The number of rotatable bonds is 2. The van der Waals surface area contributed by atoms with E-state index in [2.05, 4.69) is 4.98 Å². The highest BCUT2D eigenvalue weighted by Gasteiger charge is 2.37. The second-order valence-electron chi connectivity index (χ2n) is 4.73. The number of fused-ring (bicyclic) bond motifs is 1. The molecule has 2 aromatic rings.